The smallest absolute Gasteiger partial charge is 0.224 e. The van der Waals surface area contributed by atoms with Crippen LogP contribution in [-0.4, -0.2) is 22.0 Å². The van der Waals surface area contributed by atoms with Gasteiger partial charge in [-0.1, -0.05) is 41.4 Å². The van der Waals surface area contributed by atoms with Crippen LogP contribution in [0.15, 0.2) is 24.3 Å². The van der Waals surface area contributed by atoms with Gasteiger partial charge >= 0.3 is 0 Å². The van der Waals surface area contributed by atoms with E-state index in [1.165, 1.54) is 0 Å². The summed E-state index contributed by atoms with van der Waals surface area (Å²) in [4.78, 5) is 0. The Hall–Kier alpha value is 0.150. The molecule has 0 saturated heterocycles. The Morgan fingerprint density at radius 3 is 2.19 bits per heavy atom. The summed E-state index contributed by atoms with van der Waals surface area (Å²) in [6, 6.07) is 6.93. The van der Waals surface area contributed by atoms with Crippen LogP contribution in [0.2, 0.25) is 0 Å². The Kier molecular flexibility index (Phi) is 4.26. The van der Waals surface area contributed by atoms with Crippen LogP contribution < -0.4 is 0 Å². The minimum atomic E-state index is -3.56. The molecule has 0 fully saturated rings. The SMILES string of the molecule is Cc1ccc(C(O)C(Cl)(I)S(C)(=O)=O)cc1. The molecule has 0 aliphatic carbocycles. The summed E-state index contributed by atoms with van der Waals surface area (Å²) < 4.78 is 21.1. The van der Waals surface area contributed by atoms with Gasteiger partial charge in [-0.05, 0) is 35.1 Å². The van der Waals surface area contributed by atoms with Crippen molar-refractivity contribution in [1.82, 2.24) is 0 Å². The molecule has 1 aromatic carbocycles. The zero-order valence-corrected chi connectivity index (χ0v) is 12.5. The summed E-state index contributed by atoms with van der Waals surface area (Å²) >= 11 is 7.43. The Bertz CT molecular complexity index is 467. The molecular weight excluding hydrogens is 363 g/mol. The number of aryl methyl sites for hydroxylation is 1. The lowest BCUT2D eigenvalue weighted by Crippen LogP contribution is -2.31. The lowest BCUT2D eigenvalue weighted by Gasteiger charge is -2.24. The van der Waals surface area contributed by atoms with Crippen LogP contribution in [0.4, 0.5) is 0 Å². The predicted octanol–water partition coefficient (Wildman–Crippen LogP) is 2.40. The lowest BCUT2D eigenvalue weighted by atomic mass is 10.1. The van der Waals surface area contributed by atoms with Gasteiger partial charge in [-0.2, -0.15) is 0 Å². The number of hydrogen-bond donors (Lipinski definition) is 1. The molecule has 1 rings (SSSR count). The van der Waals surface area contributed by atoms with Crippen molar-refractivity contribution < 1.29 is 13.5 Å². The van der Waals surface area contributed by atoms with Gasteiger partial charge in [-0.3, -0.25) is 0 Å². The van der Waals surface area contributed by atoms with Crippen molar-refractivity contribution in [2.24, 2.45) is 0 Å². The van der Waals surface area contributed by atoms with E-state index in [0.717, 1.165) is 11.8 Å². The van der Waals surface area contributed by atoms with E-state index in [9.17, 15) is 13.5 Å². The van der Waals surface area contributed by atoms with Gasteiger partial charge in [0.25, 0.3) is 0 Å². The number of alkyl halides is 2. The molecule has 0 spiro atoms. The van der Waals surface area contributed by atoms with E-state index in [4.69, 9.17) is 11.6 Å². The predicted molar refractivity (Wildman–Crippen MR) is 73.6 cm³/mol. The van der Waals surface area contributed by atoms with Gasteiger partial charge in [0.2, 0.25) is 2.21 Å². The zero-order valence-electron chi connectivity index (χ0n) is 8.81. The fraction of sp³-hybridized carbons (Fsp3) is 0.400. The first-order valence-electron chi connectivity index (χ1n) is 4.48. The number of aliphatic hydroxyl groups excluding tert-OH is 1. The van der Waals surface area contributed by atoms with Gasteiger partial charge in [-0.25, -0.2) is 8.42 Å². The van der Waals surface area contributed by atoms with Crippen molar-refractivity contribution in [3.8, 4) is 0 Å². The summed E-state index contributed by atoms with van der Waals surface area (Å²) in [5, 5.41) is 9.96. The van der Waals surface area contributed by atoms with Gasteiger partial charge in [0.15, 0.2) is 9.84 Å². The molecule has 2 unspecified atom stereocenters. The van der Waals surface area contributed by atoms with Crippen LogP contribution in [0.1, 0.15) is 17.2 Å². The number of halogens is 2. The first-order chi connectivity index (χ1) is 7.16. The molecule has 0 heterocycles. The fourth-order valence-electron chi connectivity index (χ4n) is 1.15. The second kappa shape index (κ2) is 4.80. The standard InChI is InChI=1S/C10H12ClIO3S/c1-7-3-5-8(6-4-7)9(13)10(11,12)16(2,14)15/h3-6,9,13H,1-2H3. The Morgan fingerprint density at radius 2 is 1.81 bits per heavy atom. The third-order valence-corrected chi connectivity index (χ3v) is 7.46. The molecule has 0 saturated carbocycles. The molecule has 0 radical (unpaired) electrons. The summed E-state index contributed by atoms with van der Waals surface area (Å²) in [6.45, 7) is 1.91. The van der Waals surface area contributed by atoms with Gasteiger partial charge in [0.1, 0.15) is 6.10 Å². The minimum Gasteiger partial charge on any atom is -0.385 e. The van der Waals surface area contributed by atoms with E-state index < -0.39 is 18.2 Å². The van der Waals surface area contributed by atoms with E-state index in [2.05, 4.69) is 0 Å². The second-order valence-electron chi connectivity index (χ2n) is 3.65. The maximum Gasteiger partial charge on any atom is 0.224 e. The van der Waals surface area contributed by atoms with Crippen LogP contribution >= 0.6 is 34.2 Å². The number of hydrogen-bond acceptors (Lipinski definition) is 3. The number of aliphatic hydroxyl groups is 1. The highest BCUT2D eigenvalue weighted by atomic mass is 127. The van der Waals surface area contributed by atoms with Gasteiger partial charge in [-0.15, -0.1) is 0 Å². The molecule has 3 nitrogen and oxygen atoms in total. The van der Waals surface area contributed by atoms with Crippen LogP contribution in [-0.2, 0) is 9.84 Å². The molecule has 6 heteroatoms. The molecule has 0 aliphatic rings. The van der Waals surface area contributed by atoms with Crippen molar-refractivity contribution in [3.63, 3.8) is 0 Å². The quantitative estimate of drug-likeness (QED) is 0.653. The van der Waals surface area contributed by atoms with Crippen LogP contribution in [0, 0.1) is 6.92 Å². The van der Waals surface area contributed by atoms with E-state index in [-0.39, 0.29) is 0 Å². The maximum absolute atomic E-state index is 11.4. The highest BCUT2D eigenvalue weighted by Gasteiger charge is 2.43. The van der Waals surface area contributed by atoms with Gasteiger partial charge in [0.05, 0.1) is 0 Å². The molecule has 90 valence electrons. The third-order valence-electron chi connectivity index (χ3n) is 2.21. The van der Waals surface area contributed by atoms with E-state index >= 15 is 0 Å². The maximum atomic E-state index is 11.4. The summed E-state index contributed by atoms with van der Waals surface area (Å²) in [5.74, 6) is 0. The van der Waals surface area contributed by atoms with E-state index in [0.29, 0.717) is 5.56 Å². The molecule has 2 atom stereocenters. The second-order valence-corrected chi connectivity index (χ2v) is 9.73. The molecule has 1 N–H and O–H groups in total. The monoisotopic (exact) mass is 374 g/mol. The van der Waals surface area contributed by atoms with E-state index in [1.807, 2.05) is 6.92 Å². The highest BCUT2D eigenvalue weighted by molar-refractivity contribution is 14.1. The van der Waals surface area contributed by atoms with Crippen molar-refractivity contribution in [3.05, 3.63) is 35.4 Å². The molecular formula is C10H12ClIO3S. The first-order valence-corrected chi connectivity index (χ1v) is 7.83. The Morgan fingerprint density at radius 1 is 1.38 bits per heavy atom. The average molecular weight is 375 g/mol. The van der Waals surface area contributed by atoms with Crippen molar-refractivity contribution in [2.75, 3.05) is 6.26 Å². The van der Waals surface area contributed by atoms with Crippen LogP contribution in [0.5, 0.6) is 0 Å². The largest absolute Gasteiger partial charge is 0.385 e. The van der Waals surface area contributed by atoms with Gasteiger partial charge < -0.3 is 5.11 Å². The lowest BCUT2D eigenvalue weighted by molar-refractivity contribution is 0.188. The first kappa shape index (κ1) is 14.2. The molecule has 0 aromatic heterocycles. The van der Waals surface area contributed by atoms with Crippen LogP contribution in [0.25, 0.3) is 0 Å². The molecule has 0 aliphatic heterocycles. The molecule has 1 aromatic rings. The average Bonchev–Trinajstić information content (AvgIpc) is 2.16. The Labute approximate surface area is 114 Å². The summed E-state index contributed by atoms with van der Waals surface area (Å²) in [6.07, 6.45) is -0.255. The molecule has 16 heavy (non-hydrogen) atoms. The number of sulfone groups is 1. The van der Waals surface area contributed by atoms with E-state index in [1.54, 1.807) is 46.9 Å². The zero-order chi connectivity index (χ0) is 12.6. The van der Waals surface area contributed by atoms with Crippen molar-refractivity contribution in [1.29, 1.82) is 0 Å². The van der Waals surface area contributed by atoms with Crippen LogP contribution in [0.3, 0.4) is 0 Å². The summed E-state index contributed by atoms with van der Waals surface area (Å²) in [7, 11) is -3.56. The highest BCUT2D eigenvalue weighted by Crippen LogP contribution is 2.42. The van der Waals surface area contributed by atoms with Gasteiger partial charge in [0, 0.05) is 6.26 Å². The minimum absolute atomic E-state index is 0.487. The summed E-state index contributed by atoms with van der Waals surface area (Å²) in [5.41, 5.74) is 1.52. The topological polar surface area (TPSA) is 54.4 Å². The third kappa shape index (κ3) is 2.88. The molecule has 0 amide bonds. The van der Waals surface area contributed by atoms with Crippen molar-refractivity contribution >= 4 is 44.0 Å². The normalized spacial score (nSPS) is 17.8. The van der Waals surface area contributed by atoms with Crippen molar-refractivity contribution in [2.45, 2.75) is 15.2 Å². The molecule has 0 bridgehead atoms. The number of rotatable bonds is 3. The number of benzene rings is 1. The Balaban J connectivity index is 3.12. The fourth-order valence-corrected chi connectivity index (χ4v) is 2.17.